The molecule has 2 heterocycles. The molecule has 2 rings (SSSR count). The van der Waals surface area contributed by atoms with Gasteiger partial charge in [0.05, 0.1) is 0 Å². The molecule has 112 valence electrons. The quantitative estimate of drug-likeness (QED) is 0.798. The van der Waals surface area contributed by atoms with Crippen LogP contribution >= 0.6 is 15.9 Å². The lowest BCUT2D eigenvalue weighted by molar-refractivity contribution is 0.345. The number of halogens is 1. The molecule has 1 aromatic heterocycles. The first-order valence-corrected chi connectivity index (χ1v) is 8.24. The van der Waals surface area contributed by atoms with Gasteiger partial charge in [-0.15, -0.1) is 0 Å². The molecule has 0 aromatic carbocycles. The van der Waals surface area contributed by atoms with Crippen molar-refractivity contribution in [3.63, 3.8) is 0 Å². The second-order valence-electron chi connectivity index (χ2n) is 5.24. The lowest BCUT2D eigenvalue weighted by atomic mass is 10.1. The molecule has 1 aliphatic rings. The Morgan fingerprint density at radius 3 is 2.70 bits per heavy atom. The molecule has 0 radical (unpaired) electrons. The molecular formula is C14H24BrN5. The van der Waals surface area contributed by atoms with Crippen LogP contribution in [0.1, 0.15) is 26.7 Å². The van der Waals surface area contributed by atoms with E-state index in [0.717, 1.165) is 42.2 Å². The van der Waals surface area contributed by atoms with Crippen molar-refractivity contribution in [2.75, 3.05) is 43.4 Å². The predicted molar refractivity (Wildman–Crippen MR) is 87.2 cm³/mol. The molecule has 20 heavy (non-hydrogen) atoms. The fourth-order valence-corrected chi connectivity index (χ4v) is 2.95. The van der Waals surface area contributed by atoms with Crippen LogP contribution in [0.5, 0.6) is 0 Å². The van der Waals surface area contributed by atoms with Crippen LogP contribution in [0.3, 0.4) is 0 Å². The van der Waals surface area contributed by atoms with E-state index in [1.165, 1.54) is 19.5 Å². The van der Waals surface area contributed by atoms with Gasteiger partial charge in [0.25, 0.3) is 0 Å². The van der Waals surface area contributed by atoms with Gasteiger partial charge in [0.1, 0.15) is 22.4 Å². The van der Waals surface area contributed by atoms with Crippen LogP contribution < -0.4 is 10.6 Å². The standard InChI is InChI=1S/C14H24BrN5/c1-3-6-16-13-12(15)14(19-10-18-13)17-8-11-5-7-20(4-2)9-11/h10-11H,3-9H2,1-2H3,(H2,16,17,18,19). The Hall–Kier alpha value is -0.880. The summed E-state index contributed by atoms with van der Waals surface area (Å²) in [6.45, 7) is 9.81. The van der Waals surface area contributed by atoms with Crippen molar-refractivity contribution in [2.24, 2.45) is 5.92 Å². The molecule has 1 aliphatic heterocycles. The van der Waals surface area contributed by atoms with E-state index in [1.54, 1.807) is 6.33 Å². The van der Waals surface area contributed by atoms with E-state index in [0.29, 0.717) is 5.92 Å². The summed E-state index contributed by atoms with van der Waals surface area (Å²) in [4.78, 5) is 11.1. The van der Waals surface area contributed by atoms with Gasteiger partial charge >= 0.3 is 0 Å². The summed E-state index contributed by atoms with van der Waals surface area (Å²) in [6.07, 6.45) is 3.96. The van der Waals surface area contributed by atoms with E-state index >= 15 is 0 Å². The Bertz CT molecular complexity index is 426. The SMILES string of the molecule is CCCNc1ncnc(NCC2CCN(CC)C2)c1Br. The lowest BCUT2D eigenvalue weighted by Gasteiger charge is -2.15. The highest BCUT2D eigenvalue weighted by molar-refractivity contribution is 9.10. The number of rotatable bonds is 7. The molecule has 1 atom stereocenters. The Morgan fingerprint density at radius 2 is 2.05 bits per heavy atom. The first-order chi connectivity index (χ1) is 9.74. The van der Waals surface area contributed by atoms with Crippen molar-refractivity contribution in [1.82, 2.24) is 14.9 Å². The number of nitrogens with zero attached hydrogens (tertiary/aromatic N) is 3. The van der Waals surface area contributed by atoms with Gasteiger partial charge in [-0.3, -0.25) is 0 Å². The van der Waals surface area contributed by atoms with E-state index in [2.05, 4.69) is 55.3 Å². The maximum Gasteiger partial charge on any atom is 0.145 e. The summed E-state index contributed by atoms with van der Waals surface area (Å²) < 4.78 is 0.929. The number of likely N-dealkylation sites (tertiary alicyclic amines) is 1. The summed E-state index contributed by atoms with van der Waals surface area (Å²) >= 11 is 3.59. The average molecular weight is 342 g/mol. The molecule has 1 fully saturated rings. The van der Waals surface area contributed by atoms with E-state index in [9.17, 15) is 0 Å². The highest BCUT2D eigenvalue weighted by atomic mass is 79.9. The van der Waals surface area contributed by atoms with Crippen LogP contribution in [0.4, 0.5) is 11.6 Å². The molecule has 5 nitrogen and oxygen atoms in total. The third kappa shape index (κ3) is 4.06. The van der Waals surface area contributed by atoms with E-state index in [-0.39, 0.29) is 0 Å². The van der Waals surface area contributed by atoms with Crippen molar-refractivity contribution < 1.29 is 0 Å². The van der Waals surface area contributed by atoms with Gasteiger partial charge in [0.2, 0.25) is 0 Å². The van der Waals surface area contributed by atoms with Crippen molar-refractivity contribution in [3.8, 4) is 0 Å². The van der Waals surface area contributed by atoms with Crippen molar-refractivity contribution in [1.29, 1.82) is 0 Å². The summed E-state index contributed by atoms with van der Waals surface area (Å²) in [5.74, 6) is 2.46. The number of aromatic nitrogens is 2. The molecular weight excluding hydrogens is 318 g/mol. The van der Waals surface area contributed by atoms with Gasteiger partial charge in [0, 0.05) is 19.6 Å². The Morgan fingerprint density at radius 1 is 1.30 bits per heavy atom. The summed E-state index contributed by atoms with van der Waals surface area (Å²) in [7, 11) is 0. The molecule has 1 aromatic rings. The van der Waals surface area contributed by atoms with Crippen LogP contribution in [-0.2, 0) is 0 Å². The molecule has 0 saturated carbocycles. The lowest BCUT2D eigenvalue weighted by Crippen LogP contribution is -2.22. The van der Waals surface area contributed by atoms with Crippen molar-refractivity contribution in [3.05, 3.63) is 10.8 Å². The molecule has 0 spiro atoms. The highest BCUT2D eigenvalue weighted by Crippen LogP contribution is 2.27. The monoisotopic (exact) mass is 341 g/mol. The smallest absolute Gasteiger partial charge is 0.145 e. The van der Waals surface area contributed by atoms with Gasteiger partial charge < -0.3 is 15.5 Å². The van der Waals surface area contributed by atoms with Crippen molar-refractivity contribution >= 4 is 27.6 Å². The van der Waals surface area contributed by atoms with Crippen LogP contribution in [0, 0.1) is 5.92 Å². The molecule has 2 N–H and O–H groups in total. The topological polar surface area (TPSA) is 53.1 Å². The maximum atomic E-state index is 4.32. The van der Waals surface area contributed by atoms with Gasteiger partial charge in [-0.05, 0) is 47.8 Å². The third-order valence-corrected chi connectivity index (χ3v) is 4.46. The predicted octanol–water partition coefficient (Wildman–Crippen LogP) is 2.81. The second-order valence-corrected chi connectivity index (χ2v) is 6.03. The van der Waals surface area contributed by atoms with Gasteiger partial charge in [-0.25, -0.2) is 9.97 Å². The maximum absolute atomic E-state index is 4.32. The zero-order chi connectivity index (χ0) is 14.4. The third-order valence-electron chi connectivity index (χ3n) is 3.71. The molecule has 1 unspecified atom stereocenters. The molecule has 0 aliphatic carbocycles. The van der Waals surface area contributed by atoms with E-state index < -0.39 is 0 Å². The Labute approximate surface area is 129 Å². The first kappa shape index (κ1) is 15.5. The molecule has 0 amide bonds. The number of anilines is 2. The van der Waals surface area contributed by atoms with Crippen LogP contribution in [0.2, 0.25) is 0 Å². The minimum absolute atomic E-state index is 0.712. The van der Waals surface area contributed by atoms with Gasteiger partial charge in [-0.2, -0.15) is 0 Å². The summed E-state index contributed by atoms with van der Waals surface area (Å²) in [6, 6.07) is 0. The van der Waals surface area contributed by atoms with Gasteiger partial charge in [-0.1, -0.05) is 13.8 Å². The number of nitrogens with one attached hydrogen (secondary N) is 2. The Balaban J connectivity index is 1.89. The zero-order valence-electron chi connectivity index (χ0n) is 12.3. The van der Waals surface area contributed by atoms with Crippen molar-refractivity contribution in [2.45, 2.75) is 26.7 Å². The van der Waals surface area contributed by atoms with E-state index in [4.69, 9.17) is 0 Å². The number of hydrogen-bond acceptors (Lipinski definition) is 5. The summed E-state index contributed by atoms with van der Waals surface area (Å²) in [5, 5.41) is 6.75. The molecule has 0 bridgehead atoms. The average Bonchev–Trinajstić information content (AvgIpc) is 2.93. The number of hydrogen-bond donors (Lipinski definition) is 2. The fourth-order valence-electron chi connectivity index (χ4n) is 2.47. The van der Waals surface area contributed by atoms with Crippen LogP contribution in [-0.4, -0.2) is 47.6 Å². The summed E-state index contributed by atoms with van der Waals surface area (Å²) in [5.41, 5.74) is 0. The first-order valence-electron chi connectivity index (χ1n) is 7.45. The Kier molecular flexibility index (Phi) is 6.04. The minimum atomic E-state index is 0.712. The van der Waals surface area contributed by atoms with Crippen LogP contribution in [0.25, 0.3) is 0 Å². The zero-order valence-corrected chi connectivity index (χ0v) is 13.9. The normalized spacial score (nSPS) is 19.2. The van der Waals surface area contributed by atoms with Gasteiger partial charge in [0.15, 0.2) is 0 Å². The highest BCUT2D eigenvalue weighted by Gasteiger charge is 2.21. The second kappa shape index (κ2) is 7.78. The molecule has 1 saturated heterocycles. The van der Waals surface area contributed by atoms with E-state index in [1.807, 2.05) is 0 Å². The largest absolute Gasteiger partial charge is 0.369 e. The fraction of sp³-hybridized carbons (Fsp3) is 0.714. The van der Waals surface area contributed by atoms with Crippen LogP contribution in [0.15, 0.2) is 10.8 Å². The minimum Gasteiger partial charge on any atom is -0.369 e. The molecule has 6 heteroatoms.